The van der Waals surface area contributed by atoms with E-state index in [0.29, 0.717) is 0 Å². The van der Waals surface area contributed by atoms with Crippen LogP contribution in [-0.4, -0.2) is 12.3 Å². The zero-order chi connectivity index (χ0) is 20.3. The van der Waals surface area contributed by atoms with Crippen LogP contribution in [0.4, 0.5) is 5.69 Å². The molecule has 0 aromatic heterocycles. The van der Waals surface area contributed by atoms with Gasteiger partial charge in [-0.15, -0.1) is 0 Å². The van der Waals surface area contributed by atoms with Gasteiger partial charge in [-0.25, -0.2) is 0 Å². The Bertz CT molecular complexity index is 518. The van der Waals surface area contributed by atoms with Crippen molar-refractivity contribution in [3.63, 3.8) is 0 Å². The van der Waals surface area contributed by atoms with Gasteiger partial charge in [-0.05, 0) is 63.3 Å². The van der Waals surface area contributed by atoms with Crippen molar-refractivity contribution in [3.05, 3.63) is 42.0 Å². The summed E-state index contributed by atoms with van der Waals surface area (Å²) in [5.41, 5.74) is 1.89. The second-order valence-corrected chi connectivity index (χ2v) is 8.00. The van der Waals surface area contributed by atoms with Crippen molar-refractivity contribution in [2.45, 2.75) is 104 Å². The standard InChI is InChI=1S/C26H43NO/c1-3-4-5-6-7-8-9-10-11-12-13-14-15-16-17-18-23-27-26-21-19-25(20-22-26)24(2)28/h10-11,19-22,27H,3-9,12-18,23H2,1-2H3/b11-10+. The predicted molar refractivity (Wildman–Crippen MR) is 124 cm³/mol. The Hall–Kier alpha value is -1.57. The SMILES string of the molecule is CCCCCCCC/C=C/CCCCCCCCNc1ccc(C(C)=O)cc1. The molecule has 0 fully saturated rings. The summed E-state index contributed by atoms with van der Waals surface area (Å²) in [5, 5.41) is 3.44. The topological polar surface area (TPSA) is 29.1 Å². The lowest BCUT2D eigenvalue weighted by molar-refractivity contribution is 0.101. The largest absolute Gasteiger partial charge is 0.385 e. The molecule has 0 bridgehead atoms. The fourth-order valence-electron chi connectivity index (χ4n) is 3.43. The molecule has 0 heterocycles. The van der Waals surface area contributed by atoms with E-state index < -0.39 is 0 Å². The van der Waals surface area contributed by atoms with Crippen molar-refractivity contribution < 1.29 is 4.79 Å². The molecular formula is C26H43NO. The normalized spacial score (nSPS) is 11.2. The van der Waals surface area contributed by atoms with E-state index in [-0.39, 0.29) is 5.78 Å². The lowest BCUT2D eigenvalue weighted by Gasteiger charge is -2.07. The van der Waals surface area contributed by atoms with Crippen LogP contribution >= 0.6 is 0 Å². The second-order valence-electron chi connectivity index (χ2n) is 8.00. The number of carbonyl (C=O) groups is 1. The Morgan fingerprint density at radius 3 is 1.79 bits per heavy atom. The summed E-state index contributed by atoms with van der Waals surface area (Å²) in [6, 6.07) is 7.78. The smallest absolute Gasteiger partial charge is 0.159 e. The van der Waals surface area contributed by atoms with E-state index >= 15 is 0 Å². The molecule has 1 aromatic carbocycles. The maximum atomic E-state index is 11.3. The fraction of sp³-hybridized carbons (Fsp3) is 0.654. The van der Waals surface area contributed by atoms with Crippen molar-refractivity contribution in [1.29, 1.82) is 0 Å². The maximum Gasteiger partial charge on any atom is 0.159 e. The van der Waals surface area contributed by atoms with Gasteiger partial charge >= 0.3 is 0 Å². The van der Waals surface area contributed by atoms with Crippen LogP contribution in [0.3, 0.4) is 0 Å². The van der Waals surface area contributed by atoms with E-state index in [1.165, 1.54) is 89.9 Å². The molecule has 2 heteroatoms. The van der Waals surface area contributed by atoms with Gasteiger partial charge in [0.1, 0.15) is 0 Å². The van der Waals surface area contributed by atoms with Crippen LogP contribution in [0, 0.1) is 0 Å². The fourth-order valence-corrected chi connectivity index (χ4v) is 3.43. The van der Waals surface area contributed by atoms with E-state index in [1.807, 2.05) is 24.3 Å². The average molecular weight is 386 g/mol. The van der Waals surface area contributed by atoms with Crippen molar-refractivity contribution >= 4 is 11.5 Å². The van der Waals surface area contributed by atoms with Gasteiger partial charge < -0.3 is 5.32 Å². The van der Waals surface area contributed by atoms with Crippen LogP contribution in [0.15, 0.2) is 36.4 Å². The summed E-state index contributed by atoms with van der Waals surface area (Å²) in [6.45, 7) is 4.90. The second kappa shape index (κ2) is 17.5. The first-order valence-corrected chi connectivity index (χ1v) is 11.7. The number of hydrogen-bond donors (Lipinski definition) is 1. The van der Waals surface area contributed by atoms with Crippen molar-refractivity contribution in [2.75, 3.05) is 11.9 Å². The molecule has 2 nitrogen and oxygen atoms in total. The highest BCUT2D eigenvalue weighted by Crippen LogP contribution is 2.12. The van der Waals surface area contributed by atoms with Gasteiger partial charge in [-0.2, -0.15) is 0 Å². The summed E-state index contributed by atoms with van der Waals surface area (Å²) in [5.74, 6) is 0.125. The summed E-state index contributed by atoms with van der Waals surface area (Å²) >= 11 is 0. The average Bonchev–Trinajstić information content (AvgIpc) is 2.70. The van der Waals surface area contributed by atoms with Gasteiger partial charge in [0.15, 0.2) is 5.78 Å². The lowest BCUT2D eigenvalue weighted by Crippen LogP contribution is -2.01. The summed E-state index contributed by atoms with van der Waals surface area (Å²) in [4.78, 5) is 11.3. The molecular weight excluding hydrogens is 342 g/mol. The monoisotopic (exact) mass is 385 g/mol. The minimum absolute atomic E-state index is 0.125. The van der Waals surface area contributed by atoms with E-state index in [4.69, 9.17) is 0 Å². The van der Waals surface area contributed by atoms with Gasteiger partial charge in [0.2, 0.25) is 0 Å². The number of allylic oxidation sites excluding steroid dienone is 2. The quantitative estimate of drug-likeness (QED) is 0.156. The molecule has 1 rings (SSSR count). The number of nitrogens with one attached hydrogen (secondary N) is 1. The molecule has 0 radical (unpaired) electrons. The van der Waals surface area contributed by atoms with Gasteiger partial charge in [0.05, 0.1) is 0 Å². The number of benzene rings is 1. The summed E-state index contributed by atoms with van der Waals surface area (Å²) < 4.78 is 0. The molecule has 0 spiro atoms. The van der Waals surface area contributed by atoms with Crippen LogP contribution in [-0.2, 0) is 0 Å². The Balaban J connectivity index is 1.84. The molecule has 0 atom stereocenters. The predicted octanol–water partition coefficient (Wildman–Crippen LogP) is 8.34. The van der Waals surface area contributed by atoms with Crippen molar-refractivity contribution in [1.82, 2.24) is 0 Å². The number of Topliss-reactive ketones (excluding diaryl/α,β-unsaturated/α-hetero) is 1. The van der Waals surface area contributed by atoms with E-state index in [0.717, 1.165) is 17.8 Å². The number of unbranched alkanes of at least 4 members (excludes halogenated alkanes) is 12. The van der Waals surface area contributed by atoms with Crippen molar-refractivity contribution in [2.24, 2.45) is 0 Å². The van der Waals surface area contributed by atoms with E-state index in [9.17, 15) is 4.79 Å². The first-order chi connectivity index (χ1) is 13.7. The highest BCUT2D eigenvalue weighted by atomic mass is 16.1. The molecule has 1 N–H and O–H groups in total. The molecule has 1 aromatic rings. The summed E-state index contributed by atoms with van der Waals surface area (Å²) in [7, 11) is 0. The number of carbonyl (C=O) groups excluding carboxylic acids is 1. The van der Waals surface area contributed by atoms with E-state index in [1.54, 1.807) is 6.92 Å². The third kappa shape index (κ3) is 13.6. The number of rotatable bonds is 18. The molecule has 0 unspecified atom stereocenters. The van der Waals surface area contributed by atoms with Gasteiger partial charge in [0.25, 0.3) is 0 Å². The molecule has 158 valence electrons. The van der Waals surface area contributed by atoms with Crippen LogP contribution in [0.1, 0.15) is 114 Å². The Kier molecular flexibility index (Phi) is 15.3. The minimum Gasteiger partial charge on any atom is -0.385 e. The van der Waals surface area contributed by atoms with Gasteiger partial charge in [-0.1, -0.05) is 76.9 Å². The first kappa shape index (κ1) is 24.5. The van der Waals surface area contributed by atoms with Crippen LogP contribution in [0.25, 0.3) is 0 Å². The molecule has 28 heavy (non-hydrogen) atoms. The third-order valence-corrected chi connectivity index (χ3v) is 5.31. The van der Waals surface area contributed by atoms with Crippen LogP contribution in [0.5, 0.6) is 0 Å². The molecule has 0 amide bonds. The summed E-state index contributed by atoms with van der Waals surface area (Å²) in [6.07, 6.45) is 23.6. The number of anilines is 1. The Morgan fingerprint density at radius 1 is 0.750 bits per heavy atom. The van der Waals surface area contributed by atoms with Crippen LogP contribution in [0.2, 0.25) is 0 Å². The lowest BCUT2D eigenvalue weighted by atomic mass is 10.1. The molecule has 0 aliphatic heterocycles. The maximum absolute atomic E-state index is 11.3. The minimum atomic E-state index is 0.125. The van der Waals surface area contributed by atoms with Crippen molar-refractivity contribution in [3.8, 4) is 0 Å². The van der Waals surface area contributed by atoms with Gasteiger partial charge in [-0.3, -0.25) is 4.79 Å². The highest BCUT2D eigenvalue weighted by Gasteiger charge is 1.98. The zero-order valence-electron chi connectivity index (χ0n) is 18.5. The first-order valence-electron chi connectivity index (χ1n) is 11.7. The van der Waals surface area contributed by atoms with E-state index in [2.05, 4.69) is 24.4 Å². The Morgan fingerprint density at radius 2 is 1.25 bits per heavy atom. The third-order valence-electron chi connectivity index (χ3n) is 5.31. The molecule has 0 saturated carbocycles. The molecule has 0 saturated heterocycles. The van der Waals surface area contributed by atoms with Crippen LogP contribution < -0.4 is 5.32 Å². The molecule has 0 aliphatic carbocycles. The number of hydrogen-bond acceptors (Lipinski definition) is 2. The zero-order valence-corrected chi connectivity index (χ0v) is 18.5. The van der Waals surface area contributed by atoms with Gasteiger partial charge in [0, 0.05) is 17.8 Å². The highest BCUT2D eigenvalue weighted by molar-refractivity contribution is 5.94. The molecule has 0 aliphatic rings. The Labute approximate surface area is 174 Å². The number of ketones is 1.